The average molecular weight is 349 g/mol. The van der Waals surface area contributed by atoms with E-state index in [1.54, 1.807) is 24.3 Å². The molecule has 1 aliphatic heterocycles. The van der Waals surface area contributed by atoms with Gasteiger partial charge in [0.15, 0.2) is 5.11 Å². The molecule has 0 saturated carbocycles. The van der Waals surface area contributed by atoms with E-state index < -0.39 is 0 Å². The normalized spacial score (nSPS) is 16.3. The van der Waals surface area contributed by atoms with E-state index in [0.29, 0.717) is 32.1 Å². The van der Waals surface area contributed by atoms with Gasteiger partial charge in [0.2, 0.25) is 0 Å². The van der Waals surface area contributed by atoms with Crippen LogP contribution in [0.25, 0.3) is 6.08 Å². The van der Waals surface area contributed by atoms with Crippen molar-refractivity contribution in [1.82, 2.24) is 5.32 Å². The summed E-state index contributed by atoms with van der Waals surface area (Å²) in [5, 5.41) is 4.17. The van der Waals surface area contributed by atoms with Crippen LogP contribution in [0.3, 0.4) is 0 Å². The largest absolute Gasteiger partial charge is 0.327 e. The van der Waals surface area contributed by atoms with Gasteiger partial charge < -0.3 is 5.32 Å². The van der Waals surface area contributed by atoms with Crippen LogP contribution >= 0.6 is 35.4 Å². The Bertz CT molecular complexity index is 770. The van der Waals surface area contributed by atoms with E-state index in [0.717, 1.165) is 0 Å². The molecule has 1 fully saturated rings. The molecule has 110 valence electrons. The van der Waals surface area contributed by atoms with Crippen molar-refractivity contribution in [3.63, 3.8) is 0 Å². The second-order valence-corrected chi connectivity index (χ2v) is 5.80. The smallest absolute Gasteiger partial charge is 0.281 e. The Kier molecular flexibility index (Phi) is 4.16. The molecule has 2 aromatic rings. The Morgan fingerprint density at radius 1 is 1.00 bits per heavy atom. The molecule has 0 unspecified atom stereocenters. The highest BCUT2D eigenvalue weighted by Gasteiger charge is 2.32. The summed E-state index contributed by atoms with van der Waals surface area (Å²) in [5.74, 6) is -0.243. The Balaban J connectivity index is 2.00. The van der Waals surface area contributed by atoms with Gasteiger partial charge in [0, 0.05) is 15.6 Å². The Hall–Kier alpha value is -1.88. The standard InChI is InChI=1S/C16H10Cl2N2OS/c17-12-7-4-8-13(18)11(12)9-14-15(21)20(16(22)19-14)10-5-2-1-3-6-10/h1-9H,(H,19,22)/b14-9-. The summed E-state index contributed by atoms with van der Waals surface area (Å²) in [6.07, 6.45) is 1.61. The summed E-state index contributed by atoms with van der Waals surface area (Å²) in [6.45, 7) is 0. The molecule has 1 aliphatic rings. The molecular formula is C16H10Cl2N2OS. The SMILES string of the molecule is O=C1/C(=C/c2c(Cl)cccc2Cl)NC(=S)N1c1ccccc1. The summed E-state index contributed by atoms with van der Waals surface area (Å²) >= 11 is 17.5. The summed E-state index contributed by atoms with van der Waals surface area (Å²) in [5.41, 5.74) is 1.63. The van der Waals surface area contributed by atoms with Crippen molar-refractivity contribution < 1.29 is 4.79 Å². The zero-order valence-electron chi connectivity index (χ0n) is 11.2. The van der Waals surface area contributed by atoms with Crippen LogP contribution in [0, 0.1) is 0 Å². The molecule has 0 atom stereocenters. The Morgan fingerprint density at radius 3 is 2.27 bits per heavy atom. The van der Waals surface area contributed by atoms with Gasteiger partial charge in [-0.05, 0) is 42.6 Å². The van der Waals surface area contributed by atoms with E-state index in [4.69, 9.17) is 35.4 Å². The lowest BCUT2D eigenvalue weighted by Crippen LogP contribution is -2.30. The van der Waals surface area contributed by atoms with Crippen molar-refractivity contribution in [3.05, 3.63) is 69.8 Å². The molecule has 0 aliphatic carbocycles. The number of thiocarbonyl (C=S) groups is 1. The van der Waals surface area contributed by atoms with Crippen molar-refractivity contribution in [2.75, 3.05) is 4.90 Å². The fraction of sp³-hybridized carbons (Fsp3) is 0. The maximum absolute atomic E-state index is 12.6. The molecule has 3 nitrogen and oxygen atoms in total. The molecule has 0 bridgehead atoms. The zero-order chi connectivity index (χ0) is 15.7. The first kappa shape index (κ1) is 15.0. The number of benzene rings is 2. The Labute approximate surface area is 143 Å². The number of amides is 1. The fourth-order valence-corrected chi connectivity index (χ4v) is 2.94. The first-order valence-corrected chi connectivity index (χ1v) is 7.60. The Morgan fingerprint density at radius 2 is 1.64 bits per heavy atom. The fourth-order valence-electron chi connectivity index (χ4n) is 2.14. The molecule has 1 N–H and O–H groups in total. The third kappa shape index (κ3) is 2.73. The first-order valence-electron chi connectivity index (χ1n) is 6.44. The highest BCUT2D eigenvalue weighted by atomic mass is 35.5. The van der Waals surface area contributed by atoms with Crippen LogP contribution < -0.4 is 10.2 Å². The molecule has 2 aromatic carbocycles. The maximum atomic E-state index is 12.6. The monoisotopic (exact) mass is 348 g/mol. The van der Waals surface area contributed by atoms with Crippen LogP contribution in [0.15, 0.2) is 54.2 Å². The molecule has 1 heterocycles. The predicted octanol–water partition coefficient (Wildman–Crippen LogP) is 4.26. The highest BCUT2D eigenvalue weighted by Crippen LogP contribution is 2.28. The van der Waals surface area contributed by atoms with Gasteiger partial charge in [-0.2, -0.15) is 0 Å². The van der Waals surface area contributed by atoms with Gasteiger partial charge >= 0.3 is 0 Å². The minimum atomic E-state index is -0.243. The summed E-state index contributed by atoms with van der Waals surface area (Å²) < 4.78 is 0. The van der Waals surface area contributed by atoms with Crippen LogP contribution in [0.1, 0.15) is 5.56 Å². The maximum Gasteiger partial charge on any atom is 0.281 e. The van der Waals surface area contributed by atoms with Gasteiger partial charge in [0.05, 0.1) is 5.69 Å². The van der Waals surface area contributed by atoms with Crippen LogP contribution in [-0.2, 0) is 4.79 Å². The van der Waals surface area contributed by atoms with E-state index in [2.05, 4.69) is 5.32 Å². The van der Waals surface area contributed by atoms with Crippen LogP contribution in [0.2, 0.25) is 10.0 Å². The summed E-state index contributed by atoms with van der Waals surface area (Å²) in [4.78, 5) is 14.0. The molecular weight excluding hydrogens is 339 g/mol. The third-order valence-corrected chi connectivity index (χ3v) is 4.12. The quantitative estimate of drug-likeness (QED) is 0.650. The first-order chi connectivity index (χ1) is 10.6. The van der Waals surface area contributed by atoms with E-state index in [1.807, 2.05) is 30.3 Å². The number of hydrogen-bond acceptors (Lipinski definition) is 2. The number of nitrogens with one attached hydrogen (secondary N) is 1. The number of anilines is 1. The van der Waals surface area contributed by atoms with Crippen molar-refractivity contribution in [1.29, 1.82) is 0 Å². The second-order valence-electron chi connectivity index (χ2n) is 4.60. The van der Waals surface area contributed by atoms with E-state index >= 15 is 0 Å². The lowest BCUT2D eigenvalue weighted by atomic mass is 10.2. The average Bonchev–Trinajstić information content (AvgIpc) is 2.78. The summed E-state index contributed by atoms with van der Waals surface area (Å²) in [6, 6.07) is 14.4. The molecule has 0 aromatic heterocycles. The van der Waals surface area contributed by atoms with E-state index in [9.17, 15) is 4.79 Å². The van der Waals surface area contributed by atoms with Crippen molar-refractivity contribution in [2.45, 2.75) is 0 Å². The molecule has 22 heavy (non-hydrogen) atoms. The zero-order valence-corrected chi connectivity index (χ0v) is 13.5. The number of halogens is 2. The number of carbonyl (C=O) groups is 1. The van der Waals surface area contributed by atoms with E-state index in [-0.39, 0.29) is 5.91 Å². The second kappa shape index (κ2) is 6.08. The molecule has 3 rings (SSSR count). The van der Waals surface area contributed by atoms with Crippen molar-refractivity contribution >= 4 is 58.2 Å². The topological polar surface area (TPSA) is 32.3 Å². The number of rotatable bonds is 2. The van der Waals surface area contributed by atoms with Crippen LogP contribution in [0.4, 0.5) is 5.69 Å². The third-order valence-electron chi connectivity index (χ3n) is 3.18. The number of para-hydroxylation sites is 1. The van der Waals surface area contributed by atoms with Gasteiger partial charge in [-0.1, -0.05) is 47.5 Å². The van der Waals surface area contributed by atoms with Gasteiger partial charge in [0.25, 0.3) is 5.91 Å². The minimum Gasteiger partial charge on any atom is -0.327 e. The predicted molar refractivity (Wildman–Crippen MR) is 94.1 cm³/mol. The van der Waals surface area contributed by atoms with Crippen molar-refractivity contribution in [2.24, 2.45) is 0 Å². The van der Waals surface area contributed by atoms with Gasteiger partial charge in [-0.25, -0.2) is 0 Å². The van der Waals surface area contributed by atoms with Gasteiger partial charge in [0.1, 0.15) is 5.70 Å². The number of nitrogens with zero attached hydrogens (tertiary/aromatic N) is 1. The van der Waals surface area contributed by atoms with E-state index in [1.165, 1.54) is 4.90 Å². The van der Waals surface area contributed by atoms with Crippen molar-refractivity contribution in [3.8, 4) is 0 Å². The lowest BCUT2D eigenvalue weighted by molar-refractivity contribution is -0.113. The molecule has 0 radical (unpaired) electrons. The summed E-state index contributed by atoms with van der Waals surface area (Å²) in [7, 11) is 0. The molecule has 1 amide bonds. The number of carbonyl (C=O) groups excluding carboxylic acids is 1. The molecule has 0 spiro atoms. The van der Waals surface area contributed by atoms with Gasteiger partial charge in [-0.15, -0.1) is 0 Å². The van der Waals surface area contributed by atoms with Gasteiger partial charge in [-0.3, -0.25) is 9.69 Å². The number of hydrogen-bond donors (Lipinski definition) is 1. The minimum absolute atomic E-state index is 0.243. The van der Waals surface area contributed by atoms with Crippen LogP contribution in [0.5, 0.6) is 0 Å². The molecule has 6 heteroatoms. The van der Waals surface area contributed by atoms with Crippen LogP contribution in [-0.4, -0.2) is 11.0 Å². The molecule has 1 saturated heterocycles. The lowest BCUT2D eigenvalue weighted by Gasteiger charge is -2.13. The highest BCUT2D eigenvalue weighted by molar-refractivity contribution is 7.80.